The third kappa shape index (κ3) is 4.67. The first-order valence-corrected chi connectivity index (χ1v) is 10.8. The fourth-order valence-corrected chi connectivity index (χ4v) is 4.68. The van der Waals surface area contributed by atoms with Gasteiger partial charge < -0.3 is 9.80 Å². The van der Waals surface area contributed by atoms with Crippen LogP contribution in [-0.4, -0.2) is 46.9 Å². The summed E-state index contributed by atoms with van der Waals surface area (Å²) in [5.74, 6) is -0.0363. The van der Waals surface area contributed by atoms with E-state index in [1.165, 1.54) is 0 Å². The van der Waals surface area contributed by atoms with Gasteiger partial charge in [-0.05, 0) is 24.3 Å². The number of halogens is 3. The van der Waals surface area contributed by atoms with Crippen molar-refractivity contribution in [2.24, 2.45) is 0 Å². The zero-order valence-electron chi connectivity index (χ0n) is 16.8. The van der Waals surface area contributed by atoms with E-state index in [0.29, 0.717) is 45.1 Å². The molecule has 32 heavy (non-hydrogen) atoms. The number of fused-ring (bicyclic) bond motifs is 1. The highest BCUT2D eigenvalue weighted by Gasteiger charge is 2.34. The Balaban J connectivity index is 1.37. The van der Waals surface area contributed by atoms with E-state index in [4.69, 9.17) is 0 Å². The van der Waals surface area contributed by atoms with Crippen LogP contribution < -0.4 is 4.90 Å². The Kier molecular flexibility index (Phi) is 6.00. The number of carbonyl (C=O) groups is 1. The van der Waals surface area contributed by atoms with Crippen LogP contribution in [0.3, 0.4) is 0 Å². The number of nitro groups is 1. The van der Waals surface area contributed by atoms with Crippen molar-refractivity contribution in [3.8, 4) is 0 Å². The number of para-hydroxylation sites is 1. The number of piperazine rings is 1. The first kappa shape index (κ1) is 22.0. The van der Waals surface area contributed by atoms with E-state index in [0.717, 1.165) is 27.4 Å². The molecule has 1 fully saturated rings. The molecule has 11 heteroatoms. The second-order valence-corrected chi connectivity index (χ2v) is 8.52. The highest BCUT2D eigenvalue weighted by atomic mass is 32.1. The van der Waals surface area contributed by atoms with Gasteiger partial charge in [0.15, 0.2) is 0 Å². The number of thiazole rings is 1. The quantitative estimate of drug-likeness (QED) is 0.410. The summed E-state index contributed by atoms with van der Waals surface area (Å²) in [7, 11) is 0. The third-order valence-electron chi connectivity index (χ3n) is 5.36. The number of nitro benzene ring substituents is 1. The van der Waals surface area contributed by atoms with Crippen molar-refractivity contribution < 1.29 is 22.9 Å². The second kappa shape index (κ2) is 8.73. The molecule has 0 bridgehead atoms. The molecule has 0 atom stereocenters. The maximum atomic E-state index is 12.9. The zero-order valence-corrected chi connectivity index (χ0v) is 17.7. The summed E-state index contributed by atoms with van der Waals surface area (Å²) < 4.78 is 39.8. The largest absolute Gasteiger partial charge is 0.416 e. The van der Waals surface area contributed by atoms with Crippen LogP contribution in [0.15, 0.2) is 42.5 Å². The van der Waals surface area contributed by atoms with Gasteiger partial charge in [-0.25, -0.2) is 4.98 Å². The molecule has 2 heterocycles. The Bertz CT molecular complexity index is 1120. The number of aryl methyl sites for hydroxylation is 1. The van der Waals surface area contributed by atoms with Crippen molar-refractivity contribution in [3.05, 3.63) is 63.1 Å². The first-order valence-electron chi connectivity index (χ1n) is 9.95. The predicted octanol–water partition coefficient (Wildman–Crippen LogP) is 4.50. The molecule has 4 rings (SSSR count). The van der Waals surface area contributed by atoms with Gasteiger partial charge in [-0.2, -0.15) is 13.2 Å². The predicted molar refractivity (Wildman–Crippen MR) is 115 cm³/mol. The van der Waals surface area contributed by atoms with Crippen LogP contribution in [0.5, 0.6) is 0 Å². The lowest BCUT2D eigenvalue weighted by Crippen LogP contribution is -2.49. The highest BCUT2D eigenvalue weighted by Crippen LogP contribution is 2.36. The van der Waals surface area contributed by atoms with E-state index in [1.807, 2.05) is 24.3 Å². The van der Waals surface area contributed by atoms with Crippen LogP contribution in [0, 0.1) is 10.1 Å². The maximum Gasteiger partial charge on any atom is 0.416 e. The van der Waals surface area contributed by atoms with Gasteiger partial charge in [-0.15, -0.1) is 11.3 Å². The Hall–Kier alpha value is -3.21. The third-order valence-corrected chi connectivity index (χ3v) is 6.46. The lowest BCUT2D eigenvalue weighted by molar-refractivity contribution is -0.384. The number of anilines is 1. The average molecular weight is 464 g/mol. The van der Waals surface area contributed by atoms with Crippen LogP contribution in [-0.2, 0) is 17.4 Å². The summed E-state index contributed by atoms with van der Waals surface area (Å²) in [5.41, 5.74) is -0.608. The monoisotopic (exact) mass is 464 g/mol. The summed E-state index contributed by atoms with van der Waals surface area (Å²) in [6.45, 7) is 1.30. The van der Waals surface area contributed by atoms with Gasteiger partial charge in [0, 0.05) is 45.1 Å². The second-order valence-electron chi connectivity index (χ2n) is 7.40. The molecule has 0 aliphatic carbocycles. The van der Waals surface area contributed by atoms with E-state index < -0.39 is 22.4 Å². The molecule has 0 spiro atoms. The summed E-state index contributed by atoms with van der Waals surface area (Å²) in [6, 6.07) is 10.3. The smallest absolute Gasteiger partial charge is 0.362 e. The number of benzene rings is 2. The van der Waals surface area contributed by atoms with Gasteiger partial charge in [0.05, 0.1) is 25.7 Å². The normalized spacial score (nSPS) is 14.7. The number of hydrogen-bond donors (Lipinski definition) is 0. The summed E-state index contributed by atoms with van der Waals surface area (Å²) >= 11 is 1.56. The molecular formula is C21H19F3N4O3S. The van der Waals surface area contributed by atoms with Gasteiger partial charge in [0.2, 0.25) is 5.91 Å². The minimum Gasteiger partial charge on any atom is -0.362 e. The van der Waals surface area contributed by atoms with E-state index in [1.54, 1.807) is 21.1 Å². The molecule has 1 aliphatic rings. The van der Waals surface area contributed by atoms with E-state index >= 15 is 0 Å². The Morgan fingerprint density at radius 3 is 2.50 bits per heavy atom. The van der Waals surface area contributed by atoms with E-state index in [2.05, 4.69) is 4.98 Å². The van der Waals surface area contributed by atoms with Crippen LogP contribution in [0.2, 0.25) is 0 Å². The van der Waals surface area contributed by atoms with Crippen molar-refractivity contribution in [2.45, 2.75) is 19.0 Å². The molecular weight excluding hydrogens is 445 g/mol. The summed E-state index contributed by atoms with van der Waals surface area (Å²) in [4.78, 5) is 31.0. The minimum absolute atomic E-state index is 0.0363. The van der Waals surface area contributed by atoms with Gasteiger partial charge in [-0.1, -0.05) is 12.1 Å². The van der Waals surface area contributed by atoms with Crippen molar-refractivity contribution >= 4 is 38.8 Å². The highest BCUT2D eigenvalue weighted by molar-refractivity contribution is 7.18. The van der Waals surface area contributed by atoms with E-state index in [-0.39, 0.29) is 11.6 Å². The molecule has 0 N–H and O–H groups in total. The molecule has 7 nitrogen and oxygen atoms in total. The molecule has 0 radical (unpaired) electrons. The summed E-state index contributed by atoms with van der Waals surface area (Å²) in [5, 5.41) is 12.2. The van der Waals surface area contributed by atoms with Crippen LogP contribution in [0.1, 0.15) is 17.0 Å². The molecule has 3 aromatic rings. The number of alkyl halides is 3. The SMILES string of the molecule is O=C(CCc1nc2ccccc2s1)N1CCN(c2ccc(C(F)(F)F)cc2[N+](=O)[O-])CC1. The lowest BCUT2D eigenvalue weighted by atomic mass is 10.1. The molecule has 1 aliphatic heterocycles. The fraction of sp³-hybridized carbons (Fsp3) is 0.333. The Labute approximate surface area is 185 Å². The van der Waals surface area contributed by atoms with Crippen LogP contribution >= 0.6 is 11.3 Å². The van der Waals surface area contributed by atoms with Crippen molar-refractivity contribution in [2.75, 3.05) is 31.1 Å². The van der Waals surface area contributed by atoms with Crippen LogP contribution in [0.25, 0.3) is 10.2 Å². The number of carbonyl (C=O) groups excluding carboxylic acids is 1. The van der Waals surface area contributed by atoms with Gasteiger partial charge >= 0.3 is 6.18 Å². The number of amides is 1. The van der Waals surface area contributed by atoms with E-state index in [9.17, 15) is 28.1 Å². The maximum absolute atomic E-state index is 12.9. The van der Waals surface area contributed by atoms with Gasteiger partial charge in [0.1, 0.15) is 5.69 Å². The molecule has 0 saturated carbocycles. The average Bonchev–Trinajstić information content (AvgIpc) is 3.19. The number of rotatable bonds is 5. The number of aromatic nitrogens is 1. The Morgan fingerprint density at radius 1 is 1.12 bits per heavy atom. The van der Waals surface area contributed by atoms with Crippen molar-refractivity contribution in [1.82, 2.24) is 9.88 Å². The van der Waals surface area contributed by atoms with Crippen LogP contribution in [0.4, 0.5) is 24.5 Å². The number of nitrogens with zero attached hydrogens (tertiary/aromatic N) is 4. The fourth-order valence-electron chi connectivity index (χ4n) is 3.71. The van der Waals surface area contributed by atoms with Crippen molar-refractivity contribution in [3.63, 3.8) is 0 Å². The molecule has 1 aromatic heterocycles. The van der Waals surface area contributed by atoms with Gasteiger partial charge in [-0.3, -0.25) is 14.9 Å². The lowest BCUT2D eigenvalue weighted by Gasteiger charge is -2.36. The standard InChI is InChI=1S/C21H19F3N4O3S/c22-21(23,24)14-5-6-16(17(13-14)28(30)31)26-9-11-27(12-10-26)20(29)8-7-19-25-15-3-1-2-4-18(15)32-19/h1-6,13H,7-12H2. The summed E-state index contributed by atoms with van der Waals surface area (Å²) in [6.07, 6.45) is -3.82. The first-order chi connectivity index (χ1) is 15.2. The van der Waals surface area contributed by atoms with Crippen molar-refractivity contribution in [1.29, 1.82) is 0 Å². The van der Waals surface area contributed by atoms with Gasteiger partial charge in [0.25, 0.3) is 5.69 Å². The zero-order chi connectivity index (χ0) is 22.9. The number of hydrogen-bond acceptors (Lipinski definition) is 6. The molecule has 0 unspecified atom stereocenters. The Morgan fingerprint density at radius 2 is 1.84 bits per heavy atom. The molecule has 168 valence electrons. The minimum atomic E-state index is -4.66. The topological polar surface area (TPSA) is 79.6 Å². The molecule has 2 aromatic carbocycles. The molecule has 1 saturated heterocycles. The molecule has 1 amide bonds.